The van der Waals surface area contributed by atoms with Crippen LogP contribution in [0.3, 0.4) is 0 Å². The van der Waals surface area contributed by atoms with Crippen LogP contribution in [0.4, 0.5) is 10.1 Å². The highest BCUT2D eigenvalue weighted by molar-refractivity contribution is 5.81. The van der Waals surface area contributed by atoms with E-state index in [0.29, 0.717) is 0 Å². The van der Waals surface area contributed by atoms with Crippen LogP contribution in [-0.4, -0.2) is 16.9 Å². The Labute approximate surface area is 90.5 Å². The van der Waals surface area contributed by atoms with E-state index in [9.17, 15) is 14.5 Å². The molecule has 0 heterocycles. The van der Waals surface area contributed by atoms with Crippen molar-refractivity contribution in [2.45, 2.75) is 13.0 Å². The van der Waals surface area contributed by atoms with Crippen molar-refractivity contribution in [2.24, 2.45) is 5.73 Å². The molecule has 1 rings (SSSR count). The van der Waals surface area contributed by atoms with E-state index in [1.807, 2.05) is 0 Å². The summed E-state index contributed by atoms with van der Waals surface area (Å²) >= 11 is 0. The molecule has 0 radical (unpaired) electrons. The molecule has 3 N–H and O–H groups in total. The lowest BCUT2D eigenvalue weighted by molar-refractivity contribution is -0.385. The van der Waals surface area contributed by atoms with Gasteiger partial charge in [0.25, 0.3) is 5.69 Å². The Morgan fingerprint density at radius 2 is 2.31 bits per heavy atom. The van der Waals surface area contributed by atoms with Crippen LogP contribution in [0.1, 0.15) is 6.92 Å². The van der Waals surface area contributed by atoms with Crippen molar-refractivity contribution in [1.82, 2.24) is 0 Å². The molecule has 0 amide bonds. The molecule has 1 atom stereocenters. The number of rotatable bonds is 4. The number of hydrogen-bond donors (Lipinski definition) is 2. The van der Waals surface area contributed by atoms with Gasteiger partial charge in [0.15, 0.2) is 17.7 Å². The topological polar surface area (TPSA) is 102 Å². The third kappa shape index (κ3) is 2.66. The predicted octanol–water partition coefficient (Wildman–Crippen LogP) is 1.44. The fourth-order valence-electron chi connectivity index (χ4n) is 0.953. The summed E-state index contributed by atoms with van der Waals surface area (Å²) in [4.78, 5) is 9.63. The van der Waals surface area contributed by atoms with Gasteiger partial charge in [0.1, 0.15) is 5.84 Å². The molecule has 1 aromatic carbocycles. The molecule has 1 unspecified atom stereocenters. The first-order valence-corrected chi connectivity index (χ1v) is 4.36. The van der Waals surface area contributed by atoms with E-state index in [0.717, 1.165) is 18.2 Å². The SMILES string of the molecule is CC(Oc1ccc([N+](=O)[O-])cc1F)C(=N)N. The number of nitrogens with two attached hydrogens (primary N) is 1. The zero-order chi connectivity index (χ0) is 12.3. The van der Waals surface area contributed by atoms with Gasteiger partial charge in [0.2, 0.25) is 0 Å². The molecular weight excluding hydrogens is 217 g/mol. The van der Waals surface area contributed by atoms with Crippen molar-refractivity contribution in [3.05, 3.63) is 34.1 Å². The Hall–Kier alpha value is -2.18. The second-order valence-corrected chi connectivity index (χ2v) is 3.09. The molecule has 0 aliphatic carbocycles. The summed E-state index contributed by atoms with van der Waals surface area (Å²) < 4.78 is 18.3. The Bertz CT molecular complexity index is 436. The maximum Gasteiger partial charge on any atom is 0.272 e. The summed E-state index contributed by atoms with van der Waals surface area (Å²) in [6.45, 7) is 1.48. The molecule has 7 heteroatoms. The minimum Gasteiger partial charge on any atom is -0.480 e. The summed E-state index contributed by atoms with van der Waals surface area (Å²) in [5.41, 5.74) is 4.78. The van der Waals surface area contributed by atoms with Gasteiger partial charge in [-0.2, -0.15) is 0 Å². The summed E-state index contributed by atoms with van der Waals surface area (Å²) in [5.74, 6) is -1.28. The second-order valence-electron chi connectivity index (χ2n) is 3.09. The summed E-state index contributed by atoms with van der Waals surface area (Å²) in [6, 6.07) is 3.00. The summed E-state index contributed by atoms with van der Waals surface area (Å²) in [7, 11) is 0. The molecule has 0 fully saturated rings. The lowest BCUT2D eigenvalue weighted by Crippen LogP contribution is -2.30. The first kappa shape index (κ1) is 11.9. The van der Waals surface area contributed by atoms with Gasteiger partial charge < -0.3 is 10.5 Å². The lowest BCUT2D eigenvalue weighted by Gasteiger charge is -2.13. The van der Waals surface area contributed by atoms with Gasteiger partial charge in [-0.1, -0.05) is 0 Å². The van der Waals surface area contributed by atoms with Gasteiger partial charge >= 0.3 is 0 Å². The Morgan fingerprint density at radius 1 is 1.69 bits per heavy atom. The van der Waals surface area contributed by atoms with E-state index in [2.05, 4.69) is 0 Å². The highest BCUT2D eigenvalue weighted by atomic mass is 19.1. The number of halogens is 1. The zero-order valence-electron chi connectivity index (χ0n) is 8.44. The number of nitro benzene ring substituents is 1. The van der Waals surface area contributed by atoms with E-state index in [4.69, 9.17) is 15.9 Å². The quantitative estimate of drug-likeness (QED) is 0.351. The van der Waals surface area contributed by atoms with Gasteiger partial charge in [-0.15, -0.1) is 0 Å². The molecule has 0 saturated heterocycles. The first-order valence-electron chi connectivity index (χ1n) is 4.36. The van der Waals surface area contributed by atoms with Crippen LogP contribution in [-0.2, 0) is 0 Å². The fraction of sp³-hybridized carbons (Fsp3) is 0.222. The van der Waals surface area contributed by atoms with Gasteiger partial charge in [0.05, 0.1) is 11.0 Å². The summed E-state index contributed by atoms with van der Waals surface area (Å²) in [5, 5.41) is 17.4. The molecule has 0 aromatic heterocycles. The van der Waals surface area contributed by atoms with Crippen molar-refractivity contribution in [3.8, 4) is 5.75 Å². The average Bonchev–Trinajstić information content (AvgIpc) is 2.20. The number of non-ortho nitro benzene ring substituents is 1. The minimum absolute atomic E-state index is 0.173. The molecular formula is C9H10FN3O3. The van der Waals surface area contributed by atoms with Gasteiger partial charge in [-0.25, -0.2) is 4.39 Å². The van der Waals surface area contributed by atoms with Gasteiger partial charge in [0, 0.05) is 6.07 Å². The van der Waals surface area contributed by atoms with Gasteiger partial charge in [-0.05, 0) is 13.0 Å². The van der Waals surface area contributed by atoms with E-state index >= 15 is 0 Å². The summed E-state index contributed by atoms with van der Waals surface area (Å²) in [6.07, 6.45) is -0.782. The van der Waals surface area contributed by atoms with Crippen molar-refractivity contribution in [1.29, 1.82) is 5.41 Å². The highest BCUT2D eigenvalue weighted by Gasteiger charge is 2.14. The van der Waals surface area contributed by atoms with E-state index in [1.54, 1.807) is 0 Å². The molecule has 6 nitrogen and oxygen atoms in total. The van der Waals surface area contributed by atoms with Crippen LogP contribution < -0.4 is 10.5 Å². The maximum absolute atomic E-state index is 13.3. The highest BCUT2D eigenvalue weighted by Crippen LogP contribution is 2.23. The third-order valence-electron chi connectivity index (χ3n) is 1.87. The van der Waals surface area contributed by atoms with Crippen molar-refractivity contribution in [2.75, 3.05) is 0 Å². The molecule has 0 spiro atoms. The van der Waals surface area contributed by atoms with Crippen molar-refractivity contribution >= 4 is 11.5 Å². The predicted molar refractivity (Wildman–Crippen MR) is 55.1 cm³/mol. The Morgan fingerprint density at radius 3 is 2.75 bits per heavy atom. The van der Waals surface area contributed by atoms with Crippen LogP contribution in [0.15, 0.2) is 18.2 Å². The molecule has 0 aliphatic rings. The molecule has 0 saturated carbocycles. The van der Waals surface area contributed by atoms with E-state index in [-0.39, 0.29) is 17.3 Å². The third-order valence-corrected chi connectivity index (χ3v) is 1.87. The number of ether oxygens (including phenoxy) is 1. The van der Waals surface area contributed by atoms with Crippen molar-refractivity contribution < 1.29 is 14.1 Å². The van der Waals surface area contributed by atoms with Crippen LogP contribution in [0.2, 0.25) is 0 Å². The number of nitrogens with zero attached hydrogens (tertiary/aromatic N) is 1. The van der Waals surface area contributed by atoms with Gasteiger partial charge in [-0.3, -0.25) is 15.5 Å². The van der Waals surface area contributed by atoms with E-state index < -0.39 is 16.8 Å². The van der Waals surface area contributed by atoms with Crippen LogP contribution in [0.25, 0.3) is 0 Å². The monoisotopic (exact) mass is 227 g/mol. The minimum atomic E-state index is -0.859. The Balaban J connectivity index is 2.91. The Kier molecular flexibility index (Phi) is 3.39. The molecule has 0 aliphatic heterocycles. The van der Waals surface area contributed by atoms with Crippen molar-refractivity contribution in [3.63, 3.8) is 0 Å². The van der Waals surface area contributed by atoms with Crippen LogP contribution in [0, 0.1) is 21.3 Å². The maximum atomic E-state index is 13.3. The number of amidine groups is 1. The number of nitrogens with one attached hydrogen (secondary N) is 1. The number of nitro groups is 1. The standard InChI is InChI=1S/C9H10FN3O3/c1-5(9(11)12)16-8-3-2-6(13(14)15)4-7(8)10/h2-5H,1H3,(H3,11,12). The smallest absolute Gasteiger partial charge is 0.272 e. The zero-order valence-corrected chi connectivity index (χ0v) is 8.44. The molecule has 86 valence electrons. The van der Waals surface area contributed by atoms with Crippen LogP contribution >= 0.6 is 0 Å². The first-order chi connectivity index (χ1) is 7.41. The largest absolute Gasteiger partial charge is 0.480 e. The lowest BCUT2D eigenvalue weighted by atomic mass is 10.3. The average molecular weight is 227 g/mol. The second kappa shape index (κ2) is 4.56. The number of hydrogen-bond acceptors (Lipinski definition) is 4. The fourth-order valence-corrected chi connectivity index (χ4v) is 0.953. The molecule has 16 heavy (non-hydrogen) atoms. The molecule has 0 bridgehead atoms. The van der Waals surface area contributed by atoms with Crippen LogP contribution in [0.5, 0.6) is 5.75 Å². The van der Waals surface area contributed by atoms with E-state index in [1.165, 1.54) is 6.92 Å². The number of benzene rings is 1. The molecule has 1 aromatic rings. The normalized spacial score (nSPS) is 11.9.